The minimum Gasteiger partial charge on any atom is -0.464 e. The van der Waals surface area contributed by atoms with Gasteiger partial charge in [0.15, 0.2) is 0 Å². The molecule has 3 aromatic rings. The zero-order valence-corrected chi connectivity index (χ0v) is 11.2. The number of nitrogens with zero attached hydrogens (tertiary/aromatic N) is 2. The van der Waals surface area contributed by atoms with Gasteiger partial charge in [-0.25, -0.2) is 5.10 Å². The van der Waals surface area contributed by atoms with Crippen molar-refractivity contribution >= 4 is 22.8 Å². The number of carbonyl (C=O) groups is 1. The van der Waals surface area contributed by atoms with Crippen molar-refractivity contribution in [2.45, 2.75) is 20.3 Å². The Morgan fingerprint density at radius 2 is 2.25 bits per heavy atom. The smallest absolute Gasteiger partial charge is 0.231 e. The Morgan fingerprint density at radius 3 is 3.00 bits per heavy atom. The maximum atomic E-state index is 11.9. The van der Waals surface area contributed by atoms with E-state index in [1.165, 1.54) is 11.9 Å². The standard InChI is InChI=1S/C14H14N4O2/c1-8-3-4-11-10(6-20-13(11)9(8)2)5-12(19)17-14-15-7-16-18-14/h3-4,6-7H,5H2,1-2H3,(H2,15,16,17,18,19). The van der Waals surface area contributed by atoms with E-state index in [1.54, 1.807) is 6.26 Å². The van der Waals surface area contributed by atoms with Gasteiger partial charge in [-0.05, 0) is 25.0 Å². The Hall–Kier alpha value is -2.63. The van der Waals surface area contributed by atoms with Crippen LogP contribution in [-0.2, 0) is 11.2 Å². The van der Waals surface area contributed by atoms with Crippen molar-refractivity contribution in [3.63, 3.8) is 0 Å². The van der Waals surface area contributed by atoms with E-state index >= 15 is 0 Å². The van der Waals surface area contributed by atoms with Crippen LogP contribution in [0.4, 0.5) is 5.95 Å². The van der Waals surface area contributed by atoms with Crippen LogP contribution in [0.3, 0.4) is 0 Å². The molecule has 0 aliphatic heterocycles. The lowest BCUT2D eigenvalue weighted by Gasteiger charge is -2.02. The number of nitrogens with one attached hydrogen (secondary N) is 2. The van der Waals surface area contributed by atoms with Crippen molar-refractivity contribution in [1.29, 1.82) is 0 Å². The van der Waals surface area contributed by atoms with Crippen molar-refractivity contribution in [3.8, 4) is 0 Å². The molecule has 0 unspecified atom stereocenters. The molecule has 20 heavy (non-hydrogen) atoms. The van der Waals surface area contributed by atoms with Crippen LogP contribution in [-0.4, -0.2) is 21.1 Å². The summed E-state index contributed by atoms with van der Waals surface area (Å²) < 4.78 is 5.58. The van der Waals surface area contributed by atoms with Gasteiger partial charge in [-0.15, -0.1) is 0 Å². The van der Waals surface area contributed by atoms with E-state index in [1.807, 2.05) is 26.0 Å². The number of hydrogen-bond acceptors (Lipinski definition) is 4. The highest BCUT2D eigenvalue weighted by molar-refractivity contribution is 5.94. The maximum absolute atomic E-state index is 11.9. The summed E-state index contributed by atoms with van der Waals surface area (Å²) in [5, 5.41) is 9.87. The molecule has 2 aromatic heterocycles. The fourth-order valence-corrected chi connectivity index (χ4v) is 2.14. The van der Waals surface area contributed by atoms with E-state index in [0.29, 0.717) is 5.95 Å². The fourth-order valence-electron chi connectivity index (χ4n) is 2.14. The maximum Gasteiger partial charge on any atom is 0.231 e. The zero-order valence-electron chi connectivity index (χ0n) is 11.2. The van der Waals surface area contributed by atoms with Crippen LogP contribution < -0.4 is 5.32 Å². The molecule has 2 N–H and O–H groups in total. The Labute approximate surface area is 115 Å². The van der Waals surface area contributed by atoms with Crippen molar-refractivity contribution in [1.82, 2.24) is 15.2 Å². The molecule has 0 spiro atoms. The van der Waals surface area contributed by atoms with Crippen molar-refractivity contribution in [2.24, 2.45) is 0 Å². The third kappa shape index (κ3) is 2.16. The van der Waals surface area contributed by atoms with Gasteiger partial charge in [-0.2, -0.15) is 10.1 Å². The van der Waals surface area contributed by atoms with Gasteiger partial charge in [-0.3, -0.25) is 10.1 Å². The number of carbonyl (C=O) groups excluding carboxylic acids is 1. The summed E-state index contributed by atoms with van der Waals surface area (Å²) >= 11 is 0. The number of benzene rings is 1. The molecule has 0 saturated carbocycles. The molecule has 0 aliphatic carbocycles. The van der Waals surface area contributed by atoms with Crippen molar-refractivity contribution in [2.75, 3.05) is 5.32 Å². The molecule has 6 heteroatoms. The lowest BCUT2D eigenvalue weighted by atomic mass is 10.0. The Balaban J connectivity index is 1.84. The number of aromatic nitrogens is 3. The van der Waals surface area contributed by atoms with Crippen molar-refractivity contribution < 1.29 is 9.21 Å². The van der Waals surface area contributed by atoms with E-state index in [2.05, 4.69) is 20.5 Å². The molecular weight excluding hydrogens is 256 g/mol. The first kappa shape index (κ1) is 12.4. The second kappa shape index (κ2) is 4.80. The van der Waals surface area contributed by atoms with Gasteiger partial charge < -0.3 is 4.42 Å². The van der Waals surface area contributed by atoms with Gasteiger partial charge in [0.25, 0.3) is 0 Å². The highest BCUT2D eigenvalue weighted by atomic mass is 16.3. The van der Waals surface area contributed by atoms with Gasteiger partial charge in [0.2, 0.25) is 11.9 Å². The number of hydrogen-bond donors (Lipinski definition) is 2. The van der Waals surface area contributed by atoms with E-state index in [9.17, 15) is 4.79 Å². The largest absolute Gasteiger partial charge is 0.464 e. The van der Waals surface area contributed by atoms with Crippen LogP contribution in [0.25, 0.3) is 11.0 Å². The number of aryl methyl sites for hydroxylation is 2. The number of rotatable bonds is 3. The molecule has 0 bridgehead atoms. The zero-order chi connectivity index (χ0) is 14.1. The molecule has 0 saturated heterocycles. The summed E-state index contributed by atoms with van der Waals surface area (Å²) in [7, 11) is 0. The molecule has 0 aliphatic rings. The molecule has 102 valence electrons. The van der Waals surface area contributed by atoms with Gasteiger partial charge in [0.05, 0.1) is 12.7 Å². The summed E-state index contributed by atoms with van der Waals surface area (Å²) in [6.07, 6.45) is 3.21. The highest BCUT2D eigenvalue weighted by Crippen LogP contribution is 2.26. The van der Waals surface area contributed by atoms with E-state index in [4.69, 9.17) is 4.42 Å². The first-order valence-electron chi connectivity index (χ1n) is 6.26. The molecule has 1 amide bonds. The lowest BCUT2D eigenvalue weighted by molar-refractivity contribution is -0.115. The molecule has 0 fully saturated rings. The average molecular weight is 270 g/mol. The van der Waals surface area contributed by atoms with Crippen molar-refractivity contribution in [3.05, 3.63) is 41.4 Å². The predicted octanol–water partition coefficient (Wildman–Crippen LogP) is 2.35. The van der Waals surface area contributed by atoms with Crippen LogP contribution in [0.2, 0.25) is 0 Å². The van der Waals surface area contributed by atoms with Gasteiger partial charge >= 0.3 is 0 Å². The monoisotopic (exact) mass is 270 g/mol. The van der Waals surface area contributed by atoms with E-state index < -0.39 is 0 Å². The molecule has 1 aromatic carbocycles. The number of furan rings is 1. The minimum atomic E-state index is -0.164. The van der Waals surface area contributed by atoms with Crippen LogP contribution in [0, 0.1) is 13.8 Å². The fraction of sp³-hybridized carbons (Fsp3) is 0.214. The van der Waals surface area contributed by atoms with Gasteiger partial charge in [0, 0.05) is 10.9 Å². The first-order chi connectivity index (χ1) is 9.65. The third-order valence-corrected chi connectivity index (χ3v) is 3.37. The summed E-state index contributed by atoms with van der Waals surface area (Å²) in [5.74, 6) is 0.178. The predicted molar refractivity (Wildman–Crippen MR) is 74.4 cm³/mol. The van der Waals surface area contributed by atoms with Crippen LogP contribution >= 0.6 is 0 Å². The Bertz CT molecular complexity index is 759. The number of amides is 1. The summed E-state index contributed by atoms with van der Waals surface area (Å²) in [6.45, 7) is 4.05. The molecule has 6 nitrogen and oxygen atoms in total. The molecule has 2 heterocycles. The minimum absolute atomic E-state index is 0.164. The molecule has 0 radical (unpaired) electrons. The van der Waals surface area contributed by atoms with Crippen LogP contribution in [0.1, 0.15) is 16.7 Å². The quantitative estimate of drug-likeness (QED) is 0.765. The normalized spacial score (nSPS) is 10.9. The van der Waals surface area contributed by atoms with Crippen LogP contribution in [0.15, 0.2) is 29.1 Å². The SMILES string of the molecule is Cc1ccc2c(CC(=O)Nc3ncn[nH]3)coc2c1C. The number of H-pyrrole nitrogens is 1. The summed E-state index contributed by atoms with van der Waals surface area (Å²) in [5.41, 5.74) is 3.97. The third-order valence-electron chi connectivity index (χ3n) is 3.37. The van der Waals surface area contributed by atoms with Crippen LogP contribution in [0.5, 0.6) is 0 Å². The van der Waals surface area contributed by atoms with Gasteiger partial charge in [-0.1, -0.05) is 12.1 Å². The van der Waals surface area contributed by atoms with E-state index in [-0.39, 0.29) is 12.3 Å². The first-order valence-corrected chi connectivity index (χ1v) is 6.26. The second-order valence-electron chi connectivity index (χ2n) is 4.70. The molecular formula is C14H14N4O2. The lowest BCUT2D eigenvalue weighted by Crippen LogP contribution is -2.15. The molecule has 3 rings (SSSR count). The molecule has 0 atom stereocenters. The summed E-state index contributed by atoms with van der Waals surface area (Å²) in [4.78, 5) is 15.8. The second-order valence-corrected chi connectivity index (χ2v) is 4.70. The summed E-state index contributed by atoms with van der Waals surface area (Å²) in [6, 6.07) is 4.02. The van der Waals surface area contributed by atoms with Gasteiger partial charge in [0.1, 0.15) is 11.9 Å². The topological polar surface area (TPSA) is 83.8 Å². The number of aromatic amines is 1. The van der Waals surface area contributed by atoms with E-state index in [0.717, 1.165) is 22.1 Å². The Morgan fingerprint density at radius 1 is 1.40 bits per heavy atom. The number of anilines is 1. The average Bonchev–Trinajstić information content (AvgIpc) is 3.04. The number of fused-ring (bicyclic) bond motifs is 1. The Kier molecular flexibility index (Phi) is 2.98. The highest BCUT2D eigenvalue weighted by Gasteiger charge is 2.13.